The molecular weight excluding hydrogens is 238 g/mol. The van der Waals surface area contributed by atoms with Crippen LogP contribution in [-0.4, -0.2) is 28.0 Å². The van der Waals surface area contributed by atoms with E-state index in [1.807, 2.05) is 0 Å². The van der Waals surface area contributed by atoms with Crippen LogP contribution < -0.4 is 0 Å². The van der Waals surface area contributed by atoms with Gasteiger partial charge in [0.05, 0.1) is 12.8 Å². The van der Waals surface area contributed by atoms with Gasteiger partial charge in [-0.1, -0.05) is 6.04 Å². The van der Waals surface area contributed by atoms with Crippen molar-refractivity contribution in [2.45, 2.75) is 50.0 Å². The van der Waals surface area contributed by atoms with Crippen LogP contribution in [0.2, 0.25) is 6.04 Å². The molecule has 0 N–H and O–H groups in total. The second-order valence-electron chi connectivity index (χ2n) is 3.89. The van der Waals surface area contributed by atoms with Crippen molar-refractivity contribution in [3.63, 3.8) is 0 Å². The molecule has 0 rings (SSSR count). The largest absolute Gasteiger partial charge is 0.259 e. The number of hydrogen-bond donors (Lipinski definition) is 0. The normalized spacial score (nSPS) is 14.6. The summed E-state index contributed by atoms with van der Waals surface area (Å²) in [6, 6.07) is 0.172. The first kappa shape index (κ1) is 14.8. The summed E-state index contributed by atoms with van der Waals surface area (Å²) < 4.78 is 75.7. The van der Waals surface area contributed by atoms with Gasteiger partial charge < -0.3 is 0 Å². The van der Waals surface area contributed by atoms with E-state index in [4.69, 9.17) is 0 Å². The lowest BCUT2D eigenvalue weighted by atomic mass is 10.0. The van der Waals surface area contributed by atoms with Gasteiger partial charge in [-0.15, -0.1) is 0 Å². The number of alkyl halides is 6. The fourth-order valence-electron chi connectivity index (χ4n) is 1.35. The summed E-state index contributed by atoms with van der Waals surface area (Å²) in [6.45, 7) is 0.297. The zero-order chi connectivity index (χ0) is 12.3. The van der Waals surface area contributed by atoms with Gasteiger partial charge in [0.15, 0.2) is 0 Å². The molecule has 0 aromatic carbocycles. The quantitative estimate of drug-likeness (QED) is 0.503. The molecule has 7 heteroatoms. The zero-order valence-electron chi connectivity index (χ0n) is 8.60. The Hall–Kier alpha value is -0.203. The van der Waals surface area contributed by atoms with Gasteiger partial charge in [-0.3, -0.25) is 0 Å². The fourth-order valence-corrected chi connectivity index (χ4v) is 2.08. The Balaban J connectivity index is 4.36. The van der Waals surface area contributed by atoms with Crippen molar-refractivity contribution in [3.05, 3.63) is 0 Å². The predicted octanol–water partition coefficient (Wildman–Crippen LogP) is 2.87. The second-order valence-corrected chi connectivity index (χ2v) is 4.89. The van der Waals surface area contributed by atoms with Crippen LogP contribution in [-0.2, 0) is 0 Å². The summed E-state index contributed by atoms with van der Waals surface area (Å²) in [6.07, 6.45) is -4.26. The van der Waals surface area contributed by atoms with Crippen LogP contribution in [0, 0.1) is 0 Å². The third kappa shape index (κ3) is 7.69. The summed E-state index contributed by atoms with van der Waals surface area (Å²) in [7, 11) is 0.481. The fraction of sp³-hybridized carbons (Fsp3) is 1.00. The van der Waals surface area contributed by atoms with E-state index < -0.39 is 37.0 Å². The summed E-state index contributed by atoms with van der Waals surface area (Å²) >= 11 is 0. The van der Waals surface area contributed by atoms with Crippen LogP contribution in [0.4, 0.5) is 26.3 Å². The van der Waals surface area contributed by atoms with Gasteiger partial charge in [0.1, 0.15) is 0 Å². The van der Waals surface area contributed by atoms with Crippen LogP contribution in [0.5, 0.6) is 0 Å². The Morgan fingerprint density at radius 3 is 1.67 bits per heavy atom. The van der Waals surface area contributed by atoms with Crippen LogP contribution in [0.1, 0.15) is 26.2 Å². The Morgan fingerprint density at radius 2 is 1.33 bits per heavy atom. The molecule has 0 heterocycles. The van der Waals surface area contributed by atoms with Crippen molar-refractivity contribution in [3.8, 4) is 0 Å². The monoisotopic (exact) mass is 252 g/mol. The smallest absolute Gasteiger partial charge is 0.207 e. The third-order valence-corrected chi connectivity index (χ3v) is 2.20. The molecule has 0 bridgehead atoms. The molecule has 92 valence electrons. The van der Waals surface area contributed by atoms with Crippen molar-refractivity contribution < 1.29 is 26.3 Å². The Bertz CT molecular complexity index is 198. The molecule has 0 aromatic rings. The minimum Gasteiger partial charge on any atom is -0.207 e. The molecule has 0 spiro atoms. The van der Waals surface area contributed by atoms with Crippen LogP contribution >= 0.6 is 0 Å². The van der Waals surface area contributed by atoms with E-state index in [1.54, 1.807) is 0 Å². The van der Waals surface area contributed by atoms with E-state index in [2.05, 4.69) is 0 Å². The first-order valence-electron chi connectivity index (χ1n) is 4.61. The maximum absolute atomic E-state index is 12.8. The first-order valence-corrected chi connectivity index (χ1v) is 6.02. The molecule has 0 fully saturated rings. The predicted molar refractivity (Wildman–Crippen MR) is 49.1 cm³/mol. The molecule has 0 saturated carbocycles. The Morgan fingerprint density at radius 1 is 0.867 bits per heavy atom. The van der Waals surface area contributed by atoms with Crippen LogP contribution in [0.15, 0.2) is 0 Å². The summed E-state index contributed by atoms with van der Waals surface area (Å²) in [4.78, 5) is 0. The van der Waals surface area contributed by atoms with E-state index >= 15 is 0 Å². The van der Waals surface area contributed by atoms with Gasteiger partial charge in [0.2, 0.25) is 0 Å². The molecule has 0 aromatic heterocycles. The van der Waals surface area contributed by atoms with Crippen molar-refractivity contribution in [1.82, 2.24) is 0 Å². The summed E-state index contributed by atoms with van der Waals surface area (Å²) in [5, 5.41) is 0. The van der Waals surface area contributed by atoms with E-state index in [1.165, 1.54) is 0 Å². The zero-order valence-corrected chi connectivity index (χ0v) is 10.6. The van der Waals surface area contributed by atoms with Crippen LogP contribution in [0.3, 0.4) is 0 Å². The molecule has 0 aliphatic carbocycles. The number of rotatable bonds is 6. The van der Waals surface area contributed by atoms with Crippen LogP contribution in [0.25, 0.3) is 0 Å². The van der Waals surface area contributed by atoms with E-state index in [0.717, 1.165) is 0 Å². The maximum Gasteiger partial charge on any atom is 0.259 e. The van der Waals surface area contributed by atoms with Crippen molar-refractivity contribution >= 4 is 10.2 Å². The standard InChI is InChI=1S/C8H14F6Si/c1-6(9,10)4-8(13,14)5-7(11,12)2-3-15/h2-5H2,1,15H3. The third-order valence-electron chi connectivity index (χ3n) is 1.70. The molecule has 0 aliphatic heterocycles. The summed E-state index contributed by atoms with van der Waals surface area (Å²) in [5.41, 5.74) is 0. The number of halogens is 6. The molecule has 15 heavy (non-hydrogen) atoms. The highest BCUT2D eigenvalue weighted by Crippen LogP contribution is 2.39. The molecular formula is C8H14F6Si. The van der Waals surface area contributed by atoms with Gasteiger partial charge in [-0.05, 0) is 6.92 Å². The minimum absolute atomic E-state index is 0.172. The van der Waals surface area contributed by atoms with E-state index in [0.29, 0.717) is 17.2 Å². The van der Waals surface area contributed by atoms with Gasteiger partial charge in [-0.2, -0.15) is 0 Å². The highest BCUT2D eigenvalue weighted by Gasteiger charge is 2.47. The molecule has 0 unspecified atom stereocenters. The second kappa shape index (κ2) is 4.76. The van der Waals surface area contributed by atoms with Gasteiger partial charge in [-0.25, -0.2) is 26.3 Å². The van der Waals surface area contributed by atoms with E-state index in [9.17, 15) is 26.3 Å². The Labute approximate surface area is 87.5 Å². The van der Waals surface area contributed by atoms with Crippen molar-refractivity contribution in [2.75, 3.05) is 0 Å². The average molecular weight is 252 g/mol. The van der Waals surface area contributed by atoms with Crippen molar-refractivity contribution in [1.29, 1.82) is 0 Å². The van der Waals surface area contributed by atoms with Gasteiger partial charge >= 0.3 is 0 Å². The lowest BCUT2D eigenvalue weighted by molar-refractivity contribution is -0.152. The molecule has 0 aliphatic rings. The molecule has 0 amide bonds. The lowest BCUT2D eigenvalue weighted by Gasteiger charge is -2.24. The molecule has 0 radical (unpaired) electrons. The molecule has 0 nitrogen and oxygen atoms in total. The SMILES string of the molecule is CC(F)(F)CC(F)(F)CC(F)(F)CC[SiH3]. The van der Waals surface area contributed by atoms with Crippen molar-refractivity contribution in [2.24, 2.45) is 0 Å². The highest BCUT2D eigenvalue weighted by molar-refractivity contribution is 6.08. The minimum atomic E-state index is -4.02. The molecule has 0 saturated heterocycles. The van der Waals surface area contributed by atoms with E-state index in [-0.39, 0.29) is 6.04 Å². The highest BCUT2D eigenvalue weighted by atomic mass is 28.1. The Kier molecular flexibility index (Phi) is 4.69. The van der Waals surface area contributed by atoms with Gasteiger partial charge in [0.25, 0.3) is 17.8 Å². The number of hydrogen-bond acceptors (Lipinski definition) is 0. The first-order chi connectivity index (χ1) is 6.47. The average Bonchev–Trinajstić information content (AvgIpc) is 1.74. The topological polar surface area (TPSA) is 0 Å². The van der Waals surface area contributed by atoms with Gasteiger partial charge in [0, 0.05) is 16.7 Å². The maximum atomic E-state index is 12.8. The lowest BCUT2D eigenvalue weighted by Crippen LogP contribution is -2.33. The summed E-state index contributed by atoms with van der Waals surface area (Å²) in [5.74, 6) is -11.2. The molecule has 0 atom stereocenters.